The highest BCUT2D eigenvalue weighted by Gasteiger charge is 2.29. The fourth-order valence-electron chi connectivity index (χ4n) is 3.05. The molecule has 0 aliphatic carbocycles. The maximum absolute atomic E-state index is 12.7. The van der Waals surface area contributed by atoms with Crippen molar-refractivity contribution >= 4 is 17.2 Å². The number of hydrogen-bond donors (Lipinski definition) is 1. The maximum atomic E-state index is 12.7. The minimum atomic E-state index is -4.38. The molecule has 1 amide bonds. The quantitative estimate of drug-likeness (QED) is 0.332. The van der Waals surface area contributed by atoms with E-state index in [0.717, 1.165) is 17.7 Å². The number of nitrogens with zero attached hydrogens (tertiary/aromatic N) is 1. The highest BCUT2D eigenvalue weighted by atomic mass is 32.1. The Hall–Kier alpha value is -3.79. The summed E-state index contributed by atoms with van der Waals surface area (Å²) < 4.78 is 54.5. The summed E-state index contributed by atoms with van der Waals surface area (Å²) in [5.74, 6) is 1.19. The lowest BCUT2D eigenvalue weighted by atomic mass is 10.1. The predicted octanol–water partition coefficient (Wildman–Crippen LogP) is 5.94. The van der Waals surface area contributed by atoms with Gasteiger partial charge in [-0.15, -0.1) is 11.3 Å². The number of aromatic nitrogens is 1. The number of carbonyl (C=O) groups excluding carboxylic acids is 1. The summed E-state index contributed by atoms with van der Waals surface area (Å²) in [5, 5.41) is 5.03. The number of amides is 1. The van der Waals surface area contributed by atoms with Crippen molar-refractivity contribution in [2.24, 2.45) is 0 Å². The van der Waals surface area contributed by atoms with Crippen molar-refractivity contribution in [1.29, 1.82) is 0 Å². The highest BCUT2D eigenvalue weighted by molar-refractivity contribution is 7.13. The van der Waals surface area contributed by atoms with E-state index in [1.165, 1.54) is 36.8 Å². The summed E-state index contributed by atoms with van der Waals surface area (Å²) in [6.07, 6.45) is -2.85. The number of ether oxygens (including phenoxy) is 2. The number of benzene rings is 2. The number of methoxy groups -OCH3 is 1. The maximum Gasteiger partial charge on any atom is 0.416 e. The molecule has 6 nitrogen and oxygen atoms in total. The van der Waals surface area contributed by atoms with Crippen LogP contribution in [0.1, 0.15) is 27.4 Å². The molecular formula is C24H19F3N2O4S. The summed E-state index contributed by atoms with van der Waals surface area (Å²) >= 11 is 1.31. The number of rotatable bonds is 8. The fraction of sp³-hybridized carbons (Fsp3) is 0.167. The number of furan rings is 1. The van der Waals surface area contributed by atoms with Crippen LogP contribution in [-0.4, -0.2) is 18.0 Å². The zero-order valence-electron chi connectivity index (χ0n) is 17.9. The topological polar surface area (TPSA) is 73.6 Å². The van der Waals surface area contributed by atoms with E-state index in [1.807, 2.05) is 0 Å². The average Bonchev–Trinajstić information content (AvgIpc) is 3.53. The second kappa shape index (κ2) is 10.0. The molecule has 0 spiro atoms. The van der Waals surface area contributed by atoms with E-state index in [1.54, 1.807) is 35.7 Å². The molecule has 0 radical (unpaired) electrons. The van der Waals surface area contributed by atoms with Gasteiger partial charge in [0.2, 0.25) is 0 Å². The molecule has 34 heavy (non-hydrogen) atoms. The molecule has 0 bridgehead atoms. The normalized spacial score (nSPS) is 11.3. The van der Waals surface area contributed by atoms with E-state index < -0.39 is 11.7 Å². The van der Waals surface area contributed by atoms with Crippen LogP contribution in [0.5, 0.6) is 11.5 Å². The minimum Gasteiger partial charge on any atom is -0.493 e. The van der Waals surface area contributed by atoms with Crippen LogP contribution in [0, 0.1) is 0 Å². The first kappa shape index (κ1) is 23.4. The third kappa shape index (κ3) is 5.57. The minimum absolute atomic E-state index is 0.0745. The molecule has 4 aromatic rings. The van der Waals surface area contributed by atoms with Gasteiger partial charge in [0.15, 0.2) is 11.5 Å². The van der Waals surface area contributed by atoms with Crippen molar-refractivity contribution in [3.05, 3.63) is 88.8 Å². The van der Waals surface area contributed by atoms with Crippen LogP contribution in [0.25, 0.3) is 10.6 Å². The Bertz CT molecular complexity index is 1250. The molecule has 1 N–H and O–H groups in total. The van der Waals surface area contributed by atoms with Gasteiger partial charge in [0.25, 0.3) is 5.91 Å². The van der Waals surface area contributed by atoms with Crippen molar-refractivity contribution in [1.82, 2.24) is 10.3 Å². The van der Waals surface area contributed by atoms with Crippen molar-refractivity contribution in [2.75, 3.05) is 7.11 Å². The van der Waals surface area contributed by atoms with Gasteiger partial charge in [-0.1, -0.05) is 12.1 Å². The van der Waals surface area contributed by atoms with Crippen molar-refractivity contribution in [3.8, 4) is 22.1 Å². The summed E-state index contributed by atoms with van der Waals surface area (Å²) in [7, 11) is 1.49. The molecule has 0 aliphatic rings. The largest absolute Gasteiger partial charge is 0.493 e. The Kier molecular flexibility index (Phi) is 6.87. The van der Waals surface area contributed by atoms with Gasteiger partial charge in [0.1, 0.15) is 23.1 Å². The predicted molar refractivity (Wildman–Crippen MR) is 120 cm³/mol. The molecule has 10 heteroatoms. The lowest BCUT2D eigenvalue weighted by Crippen LogP contribution is -2.22. The van der Waals surface area contributed by atoms with Crippen LogP contribution in [0.4, 0.5) is 13.2 Å². The Morgan fingerprint density at radius 2 is 1.91 bits per heavy atom. The molecule has 2 aromatic carbocycles. The average molecular weight is 488 g/mol. The van der Waals surface area contributed by atoms with E-state index >= 15 is 0 Å². The van der Waals surface area contributed by atoms with E-state index in [2.05, 4.69) is 10.3 Å². The Morgan fingerprint density at radius 3 is 2.59 bits per heavy atom. The van der Waals surface area contributed by atoms with Gasteiger partial charge < -0.3 is 19.2 Å². The van der Waals surface area contributed by atoms with Gasteiger partial charge in [0, 0.05) is 10.9 Å². The standard InChI is InChI=1S/C24H19F3N2O4S/c1-31-21-11-16(23-29-19(14-34-23)22(30)28-12-18-3-2-10-32-18)6-9-20(21)33-13-15-4-7-17(8-5-15)24(25,26)27/h2-11,14H,12-13H2,1H3,(H,28,30). The summed E-state index contributed by atoms with van der Waals surface area (Å²) in [5.41, 5.74) is 0.891. The molecule has 0 atom stereocenters. The van der Waals surface area contributed by atoms with Crippen LogP contribution in [-0.2, 0) is 19.3 Å². The van der Waals surface area contributed by atoms with Gasteiger partial charge >= 0.3 is 6.18 Å². The third-order valence-corrected chi connectivity index (χ3v) is 5.72. The molecule has 2 aromatic heterocycles. The van der Waals surface area contributed by atoms with Gasteiger partial charge in [0.05, 0.1) is 25.5 Å². The molecule has 0 saturated carbocycles. The molecular weight excluding hydrogens is 469 g/mol. The van der Waals surface area contributed by atoms with Crippen molar-refractivity contribution in [3.63, 3.8) is 0 Å². The number of thiazole rings is 1. The van der Waals surface area contributed by atoms with E-state index in [9.17, 15) is 18.0 Å². The fourth-order valence-corrected chi connectivity index (χ4v) is 3.85. The second-order valence-electron chi connectivity index (χ2n) is 7.15. The lowest BCUT2D eigenvalue weighted by Gasteiger charge is -2.12. The van der Waals surface area contributed by atoms with Crippen LogP contribution >= 0.6 is 11.3 Å². The Morgan fingerprint density at radius 1 is 1.12 bits per heavy atom. The molecule has 2 heterocycles. The molecule has 176 valence electrons. The van der Waals surface area contributed by atoms with Crippen molar-refractivity contribution in [2.45, 2.75) is 19.3 Å². The van der Waals surface area contributed by atoms with Gasteiger partial charge in [-0.2, -0.15) is 13.2 Å². The smallest absolute Gasteiger partial charge is 0.416 e. The number of alkyl halides is 3. The second-order valence-corrected chi connectivity index (χ2v) is 8.01. The molecule has 0 saturated heterocycles. The van der Waals surface area contributed by atoms with Crippen LogP contribution in [0.15, 0.2) is 70.7 Å². The monoisotopic (exact) mass is 488 g/mol. The van der Waals surface area contributed by atoms with Gasteiger partial charge in [-0.05, 0) is 48.0 Å². The Balaban J connectivity index is 1.41. The molecule has 0 fully saturated rings. The number of hydrogen-bond acceptors (Lipinski definition) is 6. The van der Waals surface area contributed by atoms with Gasteiger partial charge in [-0.3, -0.25) is 4.79 Å². The highest BCUT2D eigenvalue weighted by Crippen LogP contribution is 2.34. The SMILES string of the molecule is COc1cc(-c2nc(C(=O)NCc3ccco3)cs2)ccc1OCc1ccc(C(F)(F)F)cc1. The first-order valence-corrected chi connectivity index (χ1v) is 10.9. The zero-order valence-corrected chi connectivity index (χ0v) is 18.7. The third-order valence-electron chi connectivity index (χ3n) is 4.83. The van der Waals surface area contributed by atoms with Crippen LogP contribution in [0.3, 0.4) is 0 Å². The summed E-state index contributed by atoms with van der Waals surface area (Å²) in [6, 6.07) is 13.5. The summed E-state index contributed by atoms with van der Waals surface area (Å²) in [6.45, 7) is 0.336. The van der Waals surface area contributed by atoms with Crippen LogP contribution in [0.2, 0.25) is 0 Å². The van der Waals surface area contributed by atoms with E-state index in [4.69, 9.17) is 13.9 Å². The van der Waals surface area contributed by atoms with E-state index in [0.29, 0.717) is 27.8 Å². The Labute approximate surface area is 197 Å². The van der Waals surface area contributed by atoms with Crippen molar-refractivity contribution < 1.29 is 31.9 Å². The number of nitrogens with one attached hydrogen (secondary N) is 1. The van der Waals surface area contributed by atoms with Crippen LogP contribution < -0.4 is 14.8 Å². The first-order chi connectivity index (χ1) is 16.3. The number of carbonyl (C=O) groups is 1. The molecule has 4 rings (SSSR count). The first-order valence-electron chi connectivity index (χ1n) is 10.1. The van der Waals surface area contributed by atoms with E-state index in [-0.39, 0.29) is 24.8 Å². The zero-order chi connectivity index (χ0) is 24.1. The molecule has 0 aliphatic heterocycles. The number of halogens is 3. The van der Waals surface area contributed by atoms with Gasteiger partial charge in [-0.25, -0.2) is 4.98 Å². The summed E-state index contributed by atoms with van der Waals surface area (Å²) in [4.78, 5) is 16.7. The lowest BCUT2D eigenvalue weighted by molar-refractivity contribution is -0.137. The molecule has 0 unspecified atom stereocenters.